The molecule has 0 fully saturated rings. The van der Waals surface area contributed by atoms with Gasteiger partial charge in [-0.15, -0.1) is 6.42 Å². The molecule has 0 radical (unpaired) electrons. The summed E-state index contributed by atoms with van der Waals surface area (Å²) in [4.78, 5) is -0.117. The molecule has 0 aliphatic carbocycles. The standard InChI is InChI=1S/C8H6ClNO2S/c1-2-6-3-4-8(7(9)5-6)13(10,11)12/h1,3-5H,(H2,10,11,12). The van der Waals surface area contributed by atoms with Crippen LogP contribution < -0.4 is 5.14 Å². The van der Waals surface area contributed by atoms with Crippen molar-refractivity contribution < 1.29 is 8.42 Å². The lowest BCUT2D eigenvalue weighted by molar-refractivity contribution is 0.598. The van der Waals surface area contributed by atoms with Crippen molar-refractivity contribution >= 4 is 21.6 Å². The smallest absolute Gasteiger partial charge is 0.225 e. The van der Waals surface area contributed by atoms with Crippen LogP contribution >= 0.6 is 11.6 Å². The fourth-order valence-corrected chi connectivity index (χ4v) is 1.91. The minimum atomic E-state index is -3.76. The monoisotopic (exact) mass is 215 g/mol. The summed E-state index contributed by atoms with van der Waals surface area (Å²) in [5.41, 5.74) is 0.511. The molecule has 0 bridgehead atoms. The van der Waals surface area contributed by atoms with Crippen molar-refractivity contribution in [2.24, 2.45) is 5.14 Å². The molecule has 1 rings (SSSR count). The van der Waals surface area contributed by atoms with Crippen molar-refractivity contribution in [1.29, 1.82) is 0 Å². The Labute approximate surface area is 81.6 Å². The van der Waals surface area contributed by atoms with Crippen LogP contribution in [0.4, 0.5) is 0 Å². The minimum Gasteiger partial charge on any atom is -0.225 e. The molecule has 68 valence electrons. The van der Waals surface area contributed by atoms with E-state index in [1.54, 1.807) is 0 Å². The summed E-state index contributed by atoms with van der Waals surface area (Å²) in [5, 5.41) is 4.93. The summed E-state index contributed by atoms with van der Waals surface area (Å²) in [6, 6.07) is 4.12. The molecular weight excluding hydrogens is 210 g/mol. The summed E-state index contributed by atoms with van der Waals surface area (Å²) in [6.45, 7) is 0. The minimum absolute atomic E-state index is 0.0398. The number of benzene rings is 1. The van der Waals surface area contributed by atoms with E-state index in [-0.39, 0.29) is 9.92 Å². The molecule has 0 aliphatic rings. The van der Waals surface area contributed by atoms with Crippen LogP contribution in [0.15, 0.2) is 23.1 Å². The van der Waals surface area contributed by atoms with Gasteiger partial charge >= 0.3 is 0 Å². The molecule has 13 heavy (non-hydrogen) atoms. The van der Waals surface area contributed by atoms with Crippen LogP contribution in [0.5, 0.6) is 0 Å². The van der Waals surface area contributed by atoms with Crippen molar-refractivity contribution in [3.63, 3.8) is 0 Å². The average molecular weight is 216 g/mol. The van der Waals surface area contributed by atoms with Crippen LogP contribution in [0.3, 0.4) is 0 Å². The second-order valence-electron chi connectivity index (χ2n) is 2.33. The third-order valence-corrected chi connectivity index (χ3v) is 2.80. The van der Waals surface area contributed by atoms with Crippen molar-refractivity contribution in [2.75, 3.05) is 0 Å². The zero-order chi connectivity index (χ0) is 10.1. The average Bonchev–Trinajstić information content (AvgIpc) is 2.01. The number of primary sulfonamides is 1. The van der Waals surface area contributed by atoms with Gasteiger partial charge in [0.2, 0.25) is 10.0 Å². The van der Waals surface area contributed by atoms with Gasteiger partial charge in [0.25, 0.3) is 0 Å². The van der Waals surface area contributed by atoms with E-state index in [2.05, 4.69) is 5.92 Å². The number of hydrogen-bond donors (Lipinski definition) is 1. The second-order valence-corrected chi connectivity index (χ2v) is 4.27. The van der Waals surface area contributed by atoms with Gasteiger partial charge in [-0.05, 0) is 18.2 Å². The highest BCUT2D eigenvalue weighted by molar-refractivity contribution is 7.89. The molecule has 1 aromatic carbocycles. The number of rotatable bonds is 1. The fraction of sp³-hybridized carbons (Fsp3) is 0. The maximum absolute atomic E-state index is 10.9. The third kappa shape index (κ3) is 2.22. The van der Waals surface area contributed by atoms with Crippen molar-refractivity contribution in [3.05, 3.63) is 28.8 Å². The molecule has 0 atom stereocenters. The fourth-order valence-electron chi connectivity index (χ4n) is 0.821. The van der Waals surface area contributed by atoms with Gasteiger partial charge in [-0.3, -0.25) is 0 Å². The highest BCUT2D eigenvalue weighted by atomic mass is 35.5. The third-order valence-electron chi connectivity index (χ3n) is 1.41. The van der Waals surface area contributed by atoms with E-state index in [1.165, 1.54) is 18.2 Å². The Morgan fingerprint density at radius 2 is 2.08 bits per heavy atom. The van der Waals surface area contributed by atoms with Gasteiger partial charge in [-0.2, -0.15) is 0 Å². The molecule has 2 N–H and O–H groups in total. The SMILES string of the molecule is C#Cc1ccc(S(N)(=O)=O)c(Cl)c1. The van der Waals surface area contributed by atoms with Crippen LogP contribution in [0, 0.1) is 12.3 Å². The topological polar surface area (TPSA) is 60.2 Å². The Balaban J connectivity index is 3.40. The maximum Gasteiger partial charge on any atom is 0.239 e. The van der Waals surface area contributed by atoms with E-state index >= 15 is 0 Å². The van der Waals surface area contributed by atoms with Crippen molar-refractivity contribution in [2.45, 2.75) is 4.90 Å². The first kappa shape index (κ1) is 10.1. The predicted molar refractivity (Wildman–Crippen MR) is 50.8 cm³/mol. The largest absolute Gasteiger partial charge is 0.239 e. The highest BCUT2D eigenvalue weighted by Crippen LogP contribution is 2.20. The molecule has 0 aliphatic heterocycles. The lowest BCUT2D eigenvalue weighted by Crippen LogP contribution is -2.12. The van der Waals surface area contributed by atoms with Gasteiger partial charge < -0.3 is 0 Å². The number of terminal acetylenes is 1. The molecule has 0 saturated carbocycles. The van der Waals surface area contributed by atoms with E-state index in [4.69, 9.17) is 23.2 Å². The molecule has 0 heterocycles. The van der Waals surface area contributed by atoms with E-state index < -0.39 is 10.0 Å². The number of sulfonamides is 1. The first-order chi connectivity index (χ1) is 5.95. The maximum atomic E-state index is 10.9. The Hall–Kier alpha value is -1.02. The van der Waals surface area contributed by atoms with E-state index in [0.29, 0.717) is 5.56 Å². The molecule has 3 nitrogen and oxygen atoms in total. The number of halogens is 1. The van der Waals surface area contributed by atoms with E-state index in [9.17, 15) is 8.42 Å². The first-order valence-electron chi connectivity index (χ1n) is 3.24. The van der Waals surface area contributed by atoms with Crippen LogP contribution in [0.25, 0.3) is 0 Å². The zero-order valence-corrected chi connectivity index (χ0v) is 8.06. The van der Waals surface area contributed by atoms with Crippen LogP contribution in [0.2, 0.25) is 5.02 Å². The van der Waals surface area contributed by atoms with Gasteiger partial charge in [-0.25, -0.2) is 13.6 Å². The normalized spacial score (nSPS) is 10.8. The van der Waals surface area contributed by atoms with Crippen LogP contribution in [-0.2, 0) is 10.0 Å². The van der Waals surface area contributed by atoms with E-state index in [1.807, 2.05) is 0 Å². The molecule has 0 spiro atoms. The second kappa shape index (κ2) is 3.38. The molecular formula is C8H6ClNO2S. The Kier molecular flexibility index (Phi) is 2.62. The van der Waals surface area contributed by atoms with Crippen molar-refractivity contribution in [3.8, 4) is 12.3 Å². The van der Waals surface area contributed by atoms with Gasteiger partial charge in [0.15, 0.2) is 0 Å². The first-order valence-corrected chi connectivity index (χ1v) is 5.16. The summed E-state index contributed by atoms with van der Waals surface area (Å²) in [7, 11) is -3.76. The van der Waals surface area contributed by atoms with Gasteiger partial charge in [0.05, 0.1) is 5.02 Å². The molecule has 0 unspecified atom stereocenters. The molecule has 5 heteroatoms. The summed E-state index contributed by atoms with van der Waals surface area (Å²) in [6.07, 6.45) is 5.09. The van der Waals surface area contributed by atoms with Gasteiger partial charge in [-0.1, -0.05) is 17.5 Å². The van der Waals surface area contributed by atoms with E-state index in [0.717, 1.165) is 0 Å². The number of nitrogens with two attached hydrogens (primary N) is 1. The Morgan fingerprint density at radius 1 is 1.46 bits per heavy atom. The Morgan fingerprint density at radius 3 is 2.46 bits per heavy atom. The van der Waals surface area contributed by atoms with Gasteiger partial charge in [0.1, 0.15) is 4.90 Å². The highest BCUT2D eigenvalue weighted by Gasteiger charge is 2.12. The molecule has 0 aromatic heterocycles. The predicted octanol–water partition coefficient (Wildman–Crippen LogP) is 0.969. The Bertz CT molecular complexity index is 473. The van der Waals surface area contributed by atoms with Crippen LogP contribution in [-0.4, -0.2) is 8.42 Å². The molecule has 0 saturated heterocycles. The lowest BCUT2D eigenvalue weighted by Gasteiger charge is -2.00. The molecule has 0 amide bonds. The van der Waals surface area contributed by atoms with Crippen LogP contribution in [0.1, 0.15) is 5.56 Å². The van der Waals surface area contributed by atoms with Crippen molar-refractivity contribution in [1.82, 2.24) is 0 Å². The molecule has 1 aromatic rings. The van der Waals surface area contributed by atoms with Gasteiger partial charge in [0, 0.05) is 5.56 Å². The zero-order valence-electron chi connectivity index (χ0n) is 6.49. The summed E-state index contributed by atoms with van der Waals surface area (Å²) in [5.74, 6) is 2.33. The summed E-state index contributed by atoms with van der Waals surface area (Å²) >= 11 is 5.64. The number of hydrogen-bond acceptors (Lipinski definition) is 2. The lowest BCUT2D eigenvalue weighted by atomic mass is 10.2. The quantitative estimate of drug-likeness (QED) is 0.710. The summed E-state index contributed by atoms with van der Waals surface area (Å²) < 4.78 is 21.8.